The maximum Gasteiger partial charge on any atom is 0.241 e. The molecule has 0 radical (unpaired) electrons. The maximum absolute atomic E-state index is 12.9. The van der Waals surface area contributed by atoms with Gasteiger partial charge < -0.3 is 4.90 Å². The quantitative estimate of drug-likeness (QED) is 0.776. The van der Waals surface area contributed by atoms with Crippen molar-refractivity contribution >= 4 is 44.4 Å². The van der Waals surface area contributed by atoms with Gasteiger partial charge in [0.25, 0.3) is 0 Å². The minimum absolute atomic E-state index is 0.0154. The monoisotopic (exact) mass is 410 g/mol. The van der Waals surface area contributed by atoms with E-state index < -0.39 is 9.84 Å². The zero-order chi connectivity index (χ0) is 18.3. The van der Waals surface area contributed by atoms with E-state index in [1.165, 1.54) is 4.88 Å². The Balaban J connectivity index is 1.60. The van der Waals surface area contributed by atoms with Crippen molar-refractivity contribution in [2.75, 3.05) is 29.5 Å². The van der Waals surface area contributed by atoms with Crippen LogP contribution in [0.5, 0.6) is 0 Å². The summed E-state index contributed by atoms with van der Waals surface area (Å²) in [5.74, 6) is 0.0675. The average Bonchev–Trinajstić information content (AvgIpc) is 3.20. The van der Waals surface area contributed by atoms with Gasteiger partial charge in [0, 0.05) is 28.2 Å². The molecular weight excluding hydrogens is 392 g/mol. The lowest BCUT2D eigenvalue weighted by molar-refractivity contribution is -0.123. The van der Waals surface area contributed by atoms with Gasteiger partial charge in [-0.3, -0.25) is 9.69 Å². The largest absolute Gasteiger partial charge is 0.306 e. The molecule has 2 atom stereocenters. The molecule has 5 nitrogen and oxygen atoms in total. The first-order chi connectivity index (χ1) is 12.4. The van der Waals surface area contributed by atoms with Crippen molar-refractivity contribution in [3.05, 3.63) is 51.7 Å². The number of carbonyl (C=O) groups is 1. The van der Waals surface area contributed by atoms with E-state index >= 15 is 0 Å². The number of anilines is 1. The highest BCUT2D eigenvalue weighted by molar-refractivity contribution is 7.91. The second-order valence-electron chi connectivity index (χ2n) is 6.75. The third-order valence-corrected chi connectivity index (χ3v) is 7.92. The van der Waals surface area contributed by atoms with Gasteiger partial charge in [-0.1, -0.05) is 17.7 Å². The molecule has 1 amide bonds. The molecule has 0 N–H and O–H groups in total. The number of rotatable bonds is 4. The molecule has 0 aliphatic carbocycles. The Hall–Kier alpha value is -1.41. The highest BCUT2D eigenvalue weighted by Gasteiger charge is 2.49. The second-order valence-corrected chi connectivity index (χ2v) is 10.4. The van der Waals surface area contributed by atoms with Gasteiger partial charge in [0.05, 0.1) is 24.1 Å². The van der Waals surface area contributed by atoms with Gasteiger partial charge >= 0.3 is 0 Å². The summed E-state index contributed by atoms with van der Waals surface area (Å²) in [6.07, 6.45) is 0.829. The molecule has 0 spiro atoms. The van der Waals surface area contributed by atoms with Gasteiger partial charge in [-0.15, -0.1) is 11.3 Å². The van der Waals surface area contributed by atoms with Crippen molar-refractivity contribution in [2.24, 2.45) is 0 Å². The fourth-order valence-electron chi connectivity index (χ4n) is 3.85. The van der Waals surface area contributed by atoms with E-state index in [9.17, 15) is 13.2 Å². The molecule has 8 heteroatoms. The number of nitrogens with zero attached hydrogens (tertiary/aromatic N) is 2. The average molecular weight is 411 g/mol. The van der Waals surface area contributed by atoms with Crippen molar-refractivity contribution in [3.8, 4) is 0 Å². The number of carbonyl (C=O) groups excluding carboxylic acids is 1. The number of benzene rings is 1. The molecule has 1 aromatic carbocycles. The zero-order valence-corrected chi connectivity index (χ0v) is 16.4. The van der Waals surface area contributed by atoms with Gasteiger partial charge in [0.2, 0.25) is 5.91 Å². The number of sulfone groups is 1. The molecule has 3 heterocycles. The number of piperazine rings is 1. The van der Waals surface area contributed by atoms with Crippen LogP contribution in [0.25, 0.3) is 0 Å². The summed E-state index contributed by atoms with van der Waals surface area (Å²) in [4.78, 5) is 17.8. The number of thiophene rings is 1. The number of hydrogen-bond acceptors (Lipinski definition) is 5. The van der Waals surface area contributed by atoms with E-state index in [-0.39, 0.29) is 36.0 Å². The number of halogens is 1. The minimum atomic E-state index is -3.17. The molecule has 0 saturated carbocycles. The molecular formula is C18H19ClN2O3S2. The van der Waals surface area contributed by atoms with Gasteiger partial charge in [-0.25, -0.2) is 8.42 Å². The lowest BCUT2D eigenvalue weighted by atomic mass is 10.0. The first-order valence-electron chi connectivity index (χ1n) is 8.47. The Morgan fingerprint density at radius 3 is 2.54 bits per heavy atom. The first-order valence-corrected chi connectivity index (χ1v) is 11.6. The Morgan fingerprint density at radius 1 is 1.12 bits per heavy atom. The molecule has 2 aromatic rings. The van der Waals surface area contributed by atoms with E-state index in [0.29, 0.717) is 17.3 Å². The van der Waals surface area contributed by atoms with Crippen LogP contribution in [0.15, 0.2) is 41.8 Å². The van der Waals surface area contributed by atoms with E-state index in [0.717, 1.165) is 6.42 Å². The number of fused-ring (bicyclic) bond motifs is 1. The minimum Gasteiger partial charge on any atom is -0.306 e. The van der Waals surface area contributed by atoms with E-state index in [4.69, 9.17) is 11.6 Å². The first kappa shape index (κ1) is 18.0. The van der Waals surface area contributed by atoms with Crippen molar-refractivity contribution < 1.29 is 13.2 Å². The fraction of sp³-hybridized carbons (Fsp3) is 0.389. The predicted octanol–water partition coefficient (Wildman–Crippen LogP) is 2.46. The van der Waals surface area contributed by atoms with Gasteiger partial charge in [-0.2, -0.15) is 0 Å². The van der Waals surface area contributed by atoms with E-state index in [2.05, 4.69) is 6.07 Å². The number of hydrogen-bond donors (Lipinski definition) is 0. The summed E-state index contributed by atoms with van der Waals surface area (Å²) >= 11 is 7.63. The molecule has 0 unspecified atom stereocenters. The molecule has 2 aliphatic rings. The zero-order valence-electron chi connectivity index (χ0n) is 14.0. The van der Waals surface area contributed by atoms with Crippen LogP contribution in [0.1, 0.15) is 4.88 Å². The summed E-state index contributed by atoms with van der Waals surface area (Å²) in [6, 6.07) is 10.6. The van der Waals surface area contributed by atoms with E-state index in [1.54, 1.807) is 40.5 Å². The number of amides is 1. The standard InChI is InChI=1S/C18H19ClN2O3S2/c19-13-3-5-14(6-4-13)21-17-12-26(23,24)11-16(17)20(10-18(21)22)8-7-15-2-1-9-25-15/h1-6,9,16-17H,7-8,10-12H2/t16-,17+/m1/s1. The summed E-state index contributed by atoms with van der Waals surface area (Å²) in [5, 5.41) is 2.62. The second kappa shape index (κ2) is 6.96. The van der Waals surface area contributed by atoms with Gasteiger partial charge in [0.15, 0.2) is 9.84 Å². The van der Waals surface area contributed by atoms with Crippen LogP contribution in [0.4, 0.5) is 5.69 Å². The maximum atomic E-state index is 12.9. The molecule has 2 fully saturated rings. The van der Waals surface area contributed by atoms with Crippen molar-refractivity contribution in [2.45, 2.75) is 18.5 Å². The van der Waals surface area contributed by atoms with Crippen LogP contribution in [-0.2, 0) is 21.1 Å². The Labute approximate surface area is 162 Å². The van der Waals surface area contributed by atoms with Crippen LogP contribution >= 0.6 is 22.9 Å². The Morgan fingerprint density at radius 2 is 1.85 bits per heavy atom. The van der Waals surface area contributed by atoms with Crippen molar-refractivity contribution in [1.29, 1.82) is 0 Å². The van der Waals surface area contributed by atoms with Crippen molar-refractivity contribution in [1.82, 2.24) is 4.90 Å². The highest BCUT2D eigenvalue weighted by atomic mass is 35.5. The molecule has 0 bridgehead atoms. The van der Waals surface area contributed by atoms with Gasteiger partial charge in [0.1, 0.15) is 0 Å². The van der Waals surface area contributed by atoms with Crippen molar-refractivity contribution in [3.63, 3.8) is 0 Å². The third kappa shape index (κ3) is 3.53. The molecule has 2 aliphatic heterocycles. The molecule has 1 aromatic heterocycles. The normalized spacial score (nSPS) is 25.4. The van der Waals surface area contributed by atoms with Crippen LogP contribution in [0, 0.1) is 0 Å². The topological polar surface area (TPSA) is 57.7 Å². The van der Waals surface area contributed by atoms with Crippen LogP contribution < -0.4 is 4.90 Å². The highest BCUT2D eigenvalue weighted by Crippen LogP contribution is 2.32. The molecule has 26 heavy (non-hydrogen) atoms. The third-order valence-electron chi connectivity index (χ3n) is 5.03. The lowest BCUT2D eigenvalue weighted by Crippen LogP contribution is -2.62. The molecule has 2 saturated heterocycles. The van der Waals surface area contributed by atoms with Gasteiger partial charge in [-0.05, 0) is 42.1 Å². The summed E-state index contributed by atoms with van der Waals surface area (Å²) < 4.78 is 24.7. The Kier molecular flexibility index (Phi) is 4.81. The smallest absolute Gasteiger partial charge is 0.241 e. The van der Waals surface area contributed by atoms with Crippen LogP contribution in [-0.4, -0.2) is 55.9 Å². The van der Waals surface area contributed by atoms with Crippen LogP contribution in [0.3, 0.4) is 0 Å². The molecule has 4 rings (SSSR count). The molecule has 138 valence electrons. The summed E-state index contributed by atoms with van der Waals surface area (Å²) in [7, 11) is -3.17. The van der Waals surface area contributed by atoms with Crippen LogP contribution in [0.2, 0.25) is 5.02 Å². The SMILES string of the molecule is O=C1CN(CCc2cccs2)[C@@H]2CS(=O)(=O)C[C@@H]2N1c1ccc(Cl)cc1. The fourth-order valence-corrected chi connectivity index (χ4v) is 6.65. The lowest BCUT2D eigenvalue weighted by Gasteiger charge is -2.43. The Bertz CT molecular complexity index is 897. The van der Waals surface area contributed by atoms with E-state index in [1.807, 2.05) is 16.3 Å². The summed E-state index contributed by atoms with van der Waals surface area (Å²) in [6.45, 7) is 0.933. The predicted molar refractivity (Wildman–Crippen MR) is 105 cm³/mol. The summed E-state index contributed by atoms with van der Waals surface area (Å²) in [5.41, 5.74) is 0.712.